The van der Waals surface area contributed by atoms with Crippen LogP contribution in [0.4, 0.5) is 0 Å². The van der Waals surface area contributed by atoms with Gasteiger partial charge in [0.15, 0.2) is 0 Å². The van der Waals surface area contributed by atoms with Crippen molar-refractivity contribution in [2.75, 3.05) is 36.9 Å². The SMILES string of the molecule is C1CCCCC1.CC.CC(C)(C)C(NC(=O)CNC(=O)c1cnccn1)C(=O)N1CC2(CSCCS2)CC1C(=O)NCC(=O)C(=O)NC1CC1.CCC. The smallest absolute Gasteiger partial charge is 0.289 e. The number of nitrogens with zero attached hydrogens (tertiary/aromatic N) is 3. The third-order valence-corrected chi connectivity index (χ3v) is 11.9. The molecular weight excluding hydrogens is 715 g/mol. The highest BCUT2D eigenvalue weighted by Crippen LogP contribution is 2.45. The van der Waals surface area contributed by atoms with Crippen LogP contribution in [0.15, 0.2) is 18.6 Å². The molecule has 4 N–H and O–H groups in total. The minimum Gasteiger partial charge on any atom is -0.347 e. The zero-order valence-electron chi connectivity index (χ0n) is 32.9. The van der Waals surface area contributed by atoms with E-state index in [0.717, 1.165) is 30.1 Å². The molecule has 2 saturated heterocycles. The number of nitrogens with one attached hydrogen (secondary N) is 4. The van der Waals surface area contributed by atoms with Gasteiger partial charge in [-0.15, -0.1) is 0 Å². The molecule has 5 amide bonds. The van der Waals surface area contributed by atoms with Crippen LogP contribution in [0.3, 0.4) is 0 Å². The molecule has 2 aliphatic heterocycles. The number of hydrogen-bond acceptors (Lipinski definition) is 10. The second-order valence-electron chi connectivity index (χ2n) is 14.6. The summed E-state index contributed by atoms with van der Waals surface area (Å²) in [7, 11) is 0. The number of Topliss-reactive ketones (excluding diaryl/α,β-unsaturated/α-hetero) is 1. The highest BCUT2D eigenvalue weighted by molar-refractivity contribution is 8.07. The van der Waals surface area contributed by atoms with Crippen molar-refractivity contribution in [2.24, 2.45) is 5.41 Å². The standard InChI is InChI=1S/C27H37N7O6S2.C6H12.C3H8.C2H6/c1-26(2,3)21(33-20(36)13-31-22(37)17-11-28-6-7-29-17)25(40)34-14-27(15-41-8-9-42-27)10-18(34)23(38)30-12-19(35)24(39)32-16-4-5-16;1-2-4-6-5-3-1;1-3-2;1-2/h6-7,11,16,18,21H,4-5,8-10,12-15H2,1-3H3,(H,30,38)(H,31,37)(H,32,39)(H,33,36);1-6H2;3H2,1-2H3;1-2H3. The zero-order chi connectivity index (χ0) is 39.4. The monoisotopic (exact) mass is 777 g/mol. The Labute approximate surface area is 324 Å². The van der Waals surface area contributed by atoms with Crippen LogP contribution in [0.1, 0.15) is 123 Å². The largest absolute Gasteiger partial charge is 0.347 e. The van der Waals surface area contributed by atoms with Crippen LogP contribution in [0.25, 0.3) is 0 Å². The van der Waals surface area contributed by atoms with Crippen molar-refractivity contribution in [1.82, 2.24) is 36.1 Å². The number of likely N-dealkylation sites (tertiary alicyclic amines) is 1. The van der Waals surface area contributed by atoms with Gasteiger partial charge in [0, 0.05) is 47.0 Å². The number of rotatable bonds is 10. The third-order valence-electron chi connectivity index (χ3n) is 8.70. The average molecular weight is 778 g/mol. The van der Waals surface area contributed by atoms with Gasteiger partial charge in [-0.2, -0.15) is 23.5 Å². The summed E-state index contributed by atoms with van der Waals surface area (Å²) in [6, 6.07) is -1.86. The second-order valence-corrected chi connectivity index (χ2v) is 17.3. The van der Waals surface area contributed by atoms with E-state index < -0.39 is 59.4 Å². The van der Waals surface area contributed by atoms with Gasteiger partial charge in [0.2, 0.25) is 23.5 Å². The number of carbonyl (C=O) groups excluding carboxylic acids is 6. The van der Waals surface area contributed by atoms with Crippen LogP contribution in [-0.2, 0) is 24.0 Å². The normalized spacial score (nSPS) is 21.1. The number of amides is 5. The molecule has 4 fully saturated rings. The van der Waals surface area contributed by atoms with Gasteiger partial charge in [-0.05, 0) is 24.7 Å². The van der Waals surface area contributed by atoms with Gasteiger partial charge in [-0.1, -0.05) is 93.4 Å². The molecule has 13 nitrogen and oxygen atoms in total. The lowest BCUT2D eigenvalue weighted by Gasteiger charge is -2.36. The van der Waals surface area contributed by atoms with Gasteiger partial charge in [-0.3, -0.25) is 33.8 Å². The molecule has 5 rings (SSSR count). The van der Waals surface area contributed by atoms with Crippen molar-refractivity contribution in [3.8, 4) is 0 Å². The van der Waals surface area contributed by atoms with Crippen LogP contribution < -0.4 is 21.3 Å². The van der Waals surface area contributed by atoms with E-state index in [2.05, 4.69) is 45.1 Å². The first-order chi connectivity index (χ1) is 25.3. The first-order valence-electron chi connectivity index (χ1n) is 19.3. The molecule has 53 heavy (non-hydrogen) atoms. The molecule has 2 saturated carbocycles. The van der Waals surface area contributed by atoms with Crippen molar-refractivity contribution in [3.05, 3.63) is 24.3 Å². The van der Waals surface area contributed by atoms with Crippen LogP contribution in [0.2, 0.25) is 0 Å². The Morgan fingerprint density at radius 3 is 2.06 bits per heavy atom. The van der Waals surface area contributed by atoms with Crippen molar-refractivity contribution in [1.29, 1.82) is 0 Å². The zero-order valence-corrected chi connectivity index (χ0v) is 34.5. The molecule has 2 aliphatic carbocycles. The van der Waals surface area contributed by atoms with E-state index in [9.17, 15) is 28.8 Å². The second kappa shape index (κ2) is 23.6. The molecule has 0 radical (unpaired) electrons. The molecule has 1 aromatic heterocycles. The van der Waals surface area contributed by atoms with Crippen LogP contribution in [0.5, 0.6) is 0 Å². The lowest BCUT2D eigenvalue weighted by molar-refractivity contribution is -0.144. The predicted molar refractivity (Wildman–Crippen MR) is 213 cm³/mol. The first kappa shape index (κ1) is 46.0. The quantitative estimate of drug-likeness (QED) is 0.250. The predicted octanol–water partition coefficient (Wildman–Crippen LogP) is 4.30. The molecule has 1 spiro atoms. The molecular formula is C38H63N7O6S2. The molecule has 0 aromatic carbocycles. The Morgan fingerprint density at radius 2 is 1.55 bits per heavy atom. The fourth-order valence-electron chi connectivity index (χ4n) is 5.85. The van der Waals surface area contributed by atoms with Gasteiger partial charge in [-0.25, -0.2) is 4.98 Å². The van der Waals surface area contributed by atoms with Crippen LogP contribution in [-0.4, -0.2) is 110 Å². The number of ketones is 1. The van der Waals surface area contributed by atoms with E-state index in [1.54, 1.807) is 44.3 Å². The third kappa shape index (κ3) is 16.0. The molecule has 4 aliphatic rings. The Hall–Kier alpha value is -3.20. The summed E-state index contributed by atoms with van der Waals surface area (Å²) in [6.07, 6.45) is 16.4. The number of aromatic nitrogens is 2. The van der Waals surface area contributed by atoms with Crippen molar-refractivity contribution < 1.29 is 28.8 Å². The van der Waals surface area contributed by atoms with E-state index in [-0.39, 0.29) is 23.0 Å². The molecule has 3 heterocycles. The molecule has 0 bridgehead atoms. The Balaban J connectivity index is 0.000000770. The van der Waals surface area contributed by atoms with Gasteiger partial charge < -0.3 is 26.2 Å². The summed E-state index contributed by atoms with van der Waals surface area (Å²) in [5, 5.41) is 10.4. The van der Waals surface area contributed by atoms with E-state index >= 15 is 0 Å². The van der Waals surface area contributed by atoms with Crippen LogP contribution >= 0.6 is 23.5 Å². The molecule has 15 heteroatoms. The van der Waals surface area contributed by atoms with Crippen molar-refractivity contribution in [3.63, 3.8) is 0 Å². The summed E-state index contributed by atoms with van der Waals surface area (Å²) in [5.41, 5.74) is -0.680. The fraction of sp³-hybridized carbons (Fsp3) is 0.737. The highest BCUT2D eigenvalue weighted by atomic mass is 32.2. The minimum absolute atomic E-state index is 0.0191. The summed E-state index contributed by atoms with van der Waals surface area (Å²) in [6.45, 7) is 13.1. The average Bonchev–Trinajstić information content (AvgIpc) is 3.91. The lowest BCUT2D eigenvalue weighted by Crippen LogP contribution is -2.59. The van der Waals surface area contributed by atoms with Crippen molar-refractivity contribution in [2.45, 2.75) is 136 Å². The Kier molecular flexibility index (Phi) is 20.4. The lowest BCUT2D eigenvalue weighted by atomic mass is 9.85. The van der Waals surface area contributed by atoms with Gasteiger partial charge >= 0.3 is 0 Å². The maximum absolute atomic E-state index is 14.1. The number of carbonyl (C=O) groups is 6. The first-order valence-corrected chi connectivity index (χ1v) is 21.4. The summed E-state index contributed by atoms with van der Waals surface area (Å²) in [4.78, 5) is 86.3. The maximum atomic E-state index is 14.1. The van der Waals surface area contributed by atoms with E-state index in [0.29, 0.717) is 13.0 Å². The number of thioether (sulfide) groups is 2. The number of hydrogen-bond donors (Lipinski definition) is 4. The van der Waals surface area contributed by atoms with E-state index in [1.165, 1.54) is 68.4 Å². The van der Waals surface area contributed by atoms with E-state index in [1.807, 2.05) is 13.8 Å². The summed E-state index contributed by atoms with van der Waals surface area (Å²) >= 11 is 3.50. The molecule has 3 atom stereocenters. The minimum atomic E-state index is -1.00. The van der Waals surface area contributed by atoms with Crippen molar-refractivity contribution >= 4 is 58.8 Å². The van der Waals surface area contributed by atoms with Gasteiger partial charge in [0.1, 0.15) is 17.8 Å². The molecule has 1 aromatic rings. The molecule has 298 valence electrons. The van der Waals surface area contributed by atoms with Gasteiger partial charge in [0.05, 0.1) is 19.3 Å². The Morgan fingerprint density at radius 1 is 0.925 bits per heavy atom. The van der Waals surface area contributed by atoms with E-state index in [4.69, 9.17) is 0 Å². The van der Waals surface area contributed by atoms with Crippen LogP contribution in [0, 0.1) is 5.41 Å². The maximum Gasteiger partial charge on any atom is 0.289 e. The van der Waals surface area contributed by atoms with Gasteiger partial charge in [0.25, 0.3) is 11.8 Å². The molecule has 3 unspecified atom stereocenters. The highest BCUT2D eigenvalue weighted by Gasteiger charge is 2.52. The Bertz CT molecular complexity index is 1320. The summed E-state index contributed by atoms with van der Waals surface area (Å²) in [5.74, 6) is -0.959. The summed E-state index contributed by atoms with van der Waals surface area (Å²) < 4.78 is -0.342. The fourth-order valence-corrected chi connectivity index (χ4v) is 8.91. The topological polar surface area (TPSA) is 180 Å².